The molecule has 0 saturated carbocycles. The molecule has 0 fully saturated rings. The Morgan fingerprint density at radius 3 is 2.34 bits per heavy atom. The number of hydrogen-bond acceptors (Lipinski definition) is 4. The number of ether oxygens (including phenoxy) is 2. The highest BCUT2D eigenvalue weighted by molar-refractivity contribution is 5.89. The second-order valence-corrected chi connectivity index (χ2v) is 6.81. The van der Waals surface area contributed by atoms with E-state index in [4.69, 9.17) is 9.47 Å². The van der Waals surface area contributed by atoms with Crippen molar-refractivity contribution in [2.24, 2.45) is 0 Å². The number of alkyl halides is 3. The number of aromatic carboxylic acids is 1. The Hall–Kier alpha value is -3.75. The van der Waals surface area contributed by atoms with Crippen LogP contribution in [0.15, 0.2) is 66.7 Å². The second-order valence-electron chi connectivity index (χ2n) is 6.81. The van der Waals surface area contributed by atoms with Gasteiger partial charge in [0.15, 0.2) is 18.1 Å². The molecule has 0 saturated heterocycles. The highest BCUT2D eigenvalue weighted by atomic mass is 19.4. The molecule has 0 aliphatic carbocycles. The van der Waals surface area contributed by atoms with Gasteiger partial charge < -0.3 is 19.5 Å². The third-order valence-corrected chi connectivity index (χ3v) is 4.48. The van der Waals surface area contributed by atoms with Crippen molar-refractivity contribution in [3.63, 3.8) is 0 Å². The zero-order valence-corrected chi connectivity index (χ0v) is 16.9. The Kier molecular flexibility index (Phi) is 6.87. The Bertz CT molecular complexity index is 1100. The summed E-state index contributed by atoms with van der Waals surface area (Å²) >= 11 is 0. The zero-order valence-electron chi connectivity index (χ0n) is 16.9. The smallest absolute Gasteiger partial charge is 0.422 e. The summed E-state index contributed by atoms with van der Waals surface area (Å²) < 4.78 is 61.8. The van der Waals surface area contributed by atoms with Crippen molar-refractivity contribution in [1.82, 2.24) is 0 Å². The summed E-state index contributed by atoms with van der Waals surface area (Å²) in [6.07, 6.45) is -4.54. The van der Waals surface area contributed by atoms with Crippen LogP contribution in [0.3, 0.4) is 0 Å². The number of carboxylic acid groups (broad SMARTS) is 1. The van der Waals surface area contributed by atoms with E-state index in [2.05, 4.69) is 0 Å². The molecule has 0 amide bonds. The van der Waals surface area contributed by atoms with Crippen LogP contribution in [-0.2, 0) is 6.54 Å². The van der Waals surface area contributed by atoms with Crippen LogP contribution in [0.1, 0.15) is 15.9 Å². The van der Waals surface area contributed by atoms with Crippen molar-refractivity contribution in [2.75, 3.05) is 18.6 Å². The minimum absolute atomic E-state index is 0.0220. The number of hydrogen-bond donors (Lipinski definition) is 1. The van der Waals surface area contributed by atoms with E-state index in [1.54, 1.807) is 29.2 Å². The standard InChI is InChI=1S/C23H19F4NO4/c1-31-20-9-8-19(12-21(20)32-14-23(25,26)27)28(13-15-4-2-6-17(24)10-15)18-7-3-5-16(11-18)22(29)30/h2-12H,13-14H2,1H3,(H,29,30). The number of anilines is 2. The lowest BCUT2D eigenvalue weighted by atomic mass is 10.1. The highest BCUT2D eigenvalue weighted by Gasteiger charge is 2.29. The second kappa shape index (κ2) is 9.59. The summed E-state index contributed by atoms with van der Waals surface area (Å²) in [4.78, 5) is 13.1. The summed E-state index contributed by atoms with van der Waals surface area (Å²) in [5.74, 6) is -1.63. The Morgan fingerprint density at radius 1 is 0.969 bits per heavy atom. The van der Waals surface area contributed by atoms with Gasteiger partial charge in [0, 0.05) is 24.0 Å². The first-order valence-corrected chi connectivity index (χ1v) is 9.39. The molecule has 0 radical (unpaired) electrons. The van der Waals surface area contributed by atoms with Crippen LogP contribution in [0.2, 0.25) is 0 Å². The number of halogens is 4. The van der Waals surface area contributed by atoms with Gasteiger partial charge in [0.2, 0.25) is 0 Å². The number of methoxy groups -OCH3 is 1. The largest absolute Gasteiger partial charge is 0.493 e. The molecule has 0 aliphatic heterocycles. The highest BCUT2D eigenvalue weighted by Crippen LogP contribution is 2.36. The Morgan fingerprint density at radius 2 is 1.69 bits per heavy atom. The predicted molar refractivity (Wildman–Crippen MR) is 110 cm³/mol. The van der Waals surface area contributed by atoms with Crippen molar-refractivity contribution in [3.05, 3.63) is 83.7 Å². The number of carboxylic acids is 1. The van der Waals surface area contributed by atoms with Gasteiger partial charge in [-0.2, -0.15) is 13.2 Å². The third-order valence-electron chi connectivity index (χ3n) is 4.48. The van der Waals surface area contributed by atoms with E-state index in [-0.39, 0.29) is 23.6 Å². The lowest BCUT2D eigenvalue weighted by Gasteiger charge is -2.26. The lowest BCUT2D eigenvalue weighted by molar-refractivity contribution is -0.153. The SMILES string of the molecule is COc1ccc(N(Cc2cccc(F)c2)c2cccc(C(=O)O)c2)cc1OCC(F)(F)F. The van der Waals surface area contributed by atoms with Gasteiger partial charge in [-0.3, -0.25) is 0 Å². The third kappa shape index (κ3) is 5.90. The van der Waals surface area contributed by atoms with Gasteiger partial charge in [-0.15, -0.1) is 0 Å². The molecule has 168 valence electrons. The first-order chi connectivity index (χ1) is 15.2. The summed E-state index contributed by atoms with van der Waals surface area (Å²) in [7, 11) is 1.30. The van der Waals surface area contributed by atoms with Crippen molar-refractivity contribution in [2.45, 2.75) is 12.7 Å². The summed E-state index contributed by atoms with van der Waals surface area (Å²) in [6.45, 7) is -1.39. The topological polar surface area (TPSA) is 59.0 Å². The molecular weight excluding hydrogens is 430 g/mol. The van der Waals surface area contributed by atoms with Gasteiger partial charge in [0.05, 0.1) is 12.7 Å². The molecule has 0 atom stereocenters. The molecule has 5 nitrogen and oxygen atoms in total. The van der Waals surface area contributed by atoms with Gasteiger partial charge in [-0.1, -0.05) is 18.2 Å². The first kappa shape index (κ1) is 22.9. The van der Waals surface area contributed by atoms with Gasteiger partial charge in [0.25, 0.3) is 0 Å². The van der Waals surface area contributed by atoms with Gasteiger partial charge >= 0.3 is 12.1 Å². The maximum atomic E-state index is 13.7. The molecule has 0 heterocycles. The fraction of sp³-hybridized carbons (Fsp3) is 0.174. The zero-order chi connectivity index (χ0) is 23.3. The molecule has 3 aromatic rings. The van der Waals surface area contributed by atoms with Gasteiger partial charge in [0.1, 0.15) is 5.82 Å². The van der Waals surface area contributed by atoms with E-state index >= 15 is 0 Å². The Balaban J connectivity index is 2.06. The average Bonchev–Trinajstić information content (AvgIpc) is 2.75. The number of carbonyl (C=O) groups is 1. The van der Waals surface area contributed by atoms with Gasteiger partial charge in [-0.25, -0.2) is 9.18 Å². The monoisotopic (exact) mass is 449 g/mol. The summed E-state index contributed by atoms with van der Waals surface area (Å²) in [6, 6.07) is 16.2. The van der Waals surface area contributed by atoms with Crippen LogP contribution in [0.4, 0.5) is 28.9 Å². The molecule has 0 spiro atoms. The van der Waals surface area contributed by atoms with Crippen LogP contribution in [0.5, 0.6) is 11.5 Å². The number of benzene rings is 3. The van der Waals surface area contributed by atoms with Crippen LogP contribution < -0.4 is 14.4 Å². The lowest BCUT2D eigenvalue weighted by Crippen LogP contribution is -2.20. The van der Waals surface area contributed by atoms with E-state index < -0.39 is 24.6 Å². The maximum Gasteiger partial charge on any atom is 0.422 e. The normalized spacial score (nSPS) is 11.2. The number of nitrogens with zero attached hydrogens (tertiary/aromatic N) is 1. The molecule has 0 bridgehead atoms. The molecular formula is C23H19F4NO4. The quantitative estimate of drug-likeness (QED) is 0.440. The summed E-state index contributed by atoms with van der Waals surface area (Å²) in [5.41, 5.74) is 1.43. The van der Waals surface area contributed by atoms with E-state index in [0.29, 0.717) is 16.9 Å². The van der Waals surface area contributed by atoms with E-state index in [1.165, 1.54) is 49.6 Å². The summed E-state index contributed by atoms with van der Waals surface area (Å²) in [5, 5.41) is 9.34. The molecule has 3 aromatic carbocycles. The molecule has 32 heavy (non-hydrogen) atoms. The van der Waals surface area contributed by atoms with Gasteiger partial charge in [-0.05, 0) is 48.0 Å². The predicted octanol–water partition coefficient (Wildman–Crippen LogP) is 5.81. The van der Waals surface area contributed by atoms with Crippen LogP contribution >= 0.6 is 0 Å². The van der Waals surface area contributed by atoms with Crippen LogP contribution in [0, 0.1) is 5.82 Å². The van der Waals surface area contributed by atoms with Crippen molar-refractivity contribution in [3.8, 4) is 11.5 Å². The molecule has 9 heteroatoms. The number of rotatable bonds is 8. The average molecular weight is 449 g/mol. The molecule has 0 aromatic heterocycles. The molecule has 3 rings (SSSR count). The van der Waals surface area contributed by atoms with E-state index in [0.717, 1.165) is 0 Å². The minimum atomic E-state index is -4.54. The van der Waals surface area contributed by atoms with Crippen LogP contribution in [-0.4, -0.2) is 31.0 Å². The van der Waals surface area contributed by atoms with Crippen molar-refractivity contribution in [1.29, 1.82) is 0 Å². The van der Waals surface area contributed by atoms with Crippen molar-refractivity contribution < 1.29 is 36.9 Å². The van der Waals surface area contributed by atoms with E-state index in [1.807, 2.05) is 0 Å². The molecule has 0 aliphatic rings. The van der Waals surface area contributed by atoms with Crippen molar-refractivity contribution >= 4 is 17.3 Å². The fourth-order valence-electron chi connectivity index (χ4n) is 3.06. The molecule has 0 unspecified atom stereocenters. The van der Waals surface area contributed by atoms with Crippen LogP contribution in [0.25, 0.3) is 0 Å². The van der Waals surface area contributed by atoms with E-state index in [9.17, 15) is 27.5 Å². The molecule has 1 N–H and O–H groups in total. The first-order valence-electron chi connectivity index (χ1n) is 9.39. The maximum absolute atomic E-state index is 13.7. The Labute approximate surface area is 181 Å². The fourth-order valence-corrected chi connectivity index (χ4v) is 3.06. The minimum Gasteiger partial charge on any atom is -0.493 e.